The summed E-state index contributed by atoms with van der Waals surface area (Å²) in [5, 5.41) is 4.03. The van der Waals surface area contributed by atoms with E-state index in [9.17, 15) is 13.2 Å². The molecule has 0 spiro atoms. The Hall–Kier alpha value is -2.04. The van der Waals surface area contributed by atoms with E-state index < -0.39 is 12.1 Å². The molecule has 0 fully saturated rings. The number of anilines is 1. The molecule has 0 radical (unpaired) electrons. The number of pyridine rings is 1. The van der Waals surface area contributed by atoms with Gasteiger partial charge in [-0.3, -0.25) is 4.98 Å². The van der Waals surface area contributed by atoms with E-state index in [4.69, 9.17) is 0 Å². The topological polar surface area (TPSA) is 24.9 Å². The first kappa shape index (κ1) is 14.9. The van der Waals surface area contributed by atoms with Crippen molar-refractivity contribution in [1.29, 1.82) is 0 Å². The molecule has 0 aliphatic heterocycles. The number of allylic oxidation sites excluding steroid dienone is 2. The molecule has 22 heavy (non-hydrogen) atoms. The standard InChI is InChI=1S/C17H17F3N2/c1-21-14-9-12-3-2-4-15(16(12)22-10-14)11-5-7-13(8-6-11)17(18,19)20/h2-5,9-10,13,21H,6-8H2,1H3. The smallest absolute Gasteiger partial charge is 0.387 e. The predicted octanol–water partition coefficient (Wildman–Crippen LogP) is 5.02. The summed E-state index contributed by atoms with van der Waals surface area (Å²) in [6, 6.07) is 7.83. The van der Waals surface area contributed by atoms with Crippen molar-refractivity contribution in [2.75, 3.05) is 12.4 Å². The fourth-order valence-electron chi connectivity index (χ4n) is 2.93. The molecular formula is C17H17F3N2. The van der Waals surface area contributed by atoms with Gasteiger partial charge in [0.15, 0.2) is 0 Å². The van der Waals surface area contributed by atoms with Crippen LogP contribution in [0.3, 0.4) is 0 Å². The second-order valence-corrected chi connectivity index (χ2v) is 5.59. The van der Waals surface area contributed by atoms with Crippen LogP contribution in [0.5, 0.6) is 0 Å². The van der Waals surface area contributed by atoms with E-state index in [-0.39, 0.29) is 12.8 Å². The highest BCUT2D eigenvalue weighted by atomic mass is 19.4. The van der Waals surface area contributed by atoms with Gasteiger partial charge in [-0.2, -0.15) is 13.2 Å². The Balaban J connectivity index is 1.96. The Morgan fingerprint density at radius 2 is 2.09 bits per heavy atom. The molecule has 2 nitrogen and oxygen atoms in total. The van der Waals surface area contributed by atoms with Crippen LogP contribution in [0.4, 0.5) is 18.9 Å². The minimum absolute atomic E-state index is 0.0593. The zero-order valence-corrected chi connectivity index (χ0v) is 12.2. The molecule has 1 aromatic carbocycles. The third-order valence-electron chi connectivity index (χ3n) is 4.22. The number of benzene rings is 1. The van der Waals surface area contributed by atoms with Crippen molar-refractivity contribution in [2.24, 2.45) is 5.92 Å². The maximum absolute atomic E-state index is 12.8. The van der Waals surface area contributed by atoms with Gasteiger partial charge >= 0.3 is 6.18 Å². The van der Waals surface area contributed by atoms with Crippen LogP contribution in [0.15, 0.2) is 36.5 Å². The average molecular weight is 306 g/mol. The first-order valence-corrected chi connectivity index (χ1v) is 7.31. The molecule has 116 valence electrons. The Labute approximate surface area is 127 Å². The average Bonchev–Trinajstić information content (AvgIpc) is 2.53. The highest BCUT2D eigenvalue weighted by molar-refractivity contribution is 5.92. The molecular weight excluding hydrogens is 289 g/mol. The second-order valence-electron chi connectivity index (χ2n) is 5.59. The third-order valence-corrected chi connectivity index (χ3v) is 4.22. The summed E-state index contributed by atoms with van der Waals surface area (Å²) in [6.45, 7) is 0. The monoisotopic (exact) mass is 306 g/mol. The number of halogens is 3. The minimum atomic E-state index is -4.10. The van der Waals surface area contributed by atoms with Crippen molar-refractivity contribution < 1.29 is 13.2 Å². The van der Waals surface area contributed by atoms with E-state index in [0.717, 1.165) is 27.7 Å². The van der Waals surface area contributed by atoms with Gasteiger partial charge in [0.1, 0.15) is 0 Å². The highest BCUT2D eigenvalue weighted by Crippen LogP contribution is 2.40. The molecule has 1 N–H and O–H groups in total. The molecule has 0 saturated heterocycles. The number of rotatable bonds is 2. The van der Waals surface area contributed by atoms with E-state index >= 15 is 0 Å². The van der Waals surface area contributed by atoms with Gasteiger partial charge in [-0.25, -0.2) is 0 Å². The first-order valence-electron chi connectivity index (χ1n) is 7.31. The zero-order chi connectivity index (χ0) is 15.7. The Morgan fingerprint density at radius 1 is 1.27 bits per heavy atom. The number of nitrogens with one attached hydrogen (secondary N) is 1. The molecule has 0 amide bonds. The molecule has 1 heterocycles. The number of hydrogen-bond acceptors (Lipinski definition) is 2. The molecule has 1 atom stereocenters. The third kappa shape index (κ3) is 2.80. The number of nitrogens with zero attached hydrogens (tertiary/aromatic N) is 1. The lowest BCUT2D eigenvalue weighted by molar-refractivity contribution is -0.175. The fourth-order valence-corrected chi connectivity index (χ4v) is 2.93. The fraction of sp³-hybridized carbons (Fsp3) is 0.353. The van der Waals surface area contributed by atoms with Gasteiger partial charge in [-0.15, -0.1) is 0 Å². The largest absolute Gasteiger partial charge is 0.392 e. The van der Waals surface area contributed by atoms with Gasteiger partial charge in [0.25, 0.3) is 0 Å². The normalized spacial score (nSPS) is 19.1. The molecule has 0 bridgehead atoms. The molecule has 3 rings (SSSR count). The van der Waals surface area contributed by atoms with E-state index in [0.29, 0.717) is 6.42 Å². The van der Waals surface area contributed by atoms with Crippen molar-refractivity contribution in [3.05, 3.63) is 42.1 Å². The summed E-state index contributed by atoms with van der Waals surface area (Å²) in [4.78, 5) is 4.47. The number of hydrogen-bond donors (Lipinski definition) is 1. The number of para-hydroxylation sites is 1. The molecule has 1 aliphatic rings. The van der Waals surface area contributed by atoms with Crippen LogP contribution < -0.4 is 5.32 Å². The quantitative estimate of drug-likeness (QED) is 0.842. The number of aromatic nitrogens is 1. The van der Waals surface area contributed by atoms with Gasteiger partial charge in [0, 0.05) is 18.0 Å². The first-order chi connectivity index (χ1) is 10.5. The van der Waals surface area contributed by atoms with E-state index in [1.165, 1.54) is 0 Å². The Bertz CT molecular complexity index is 719. The SMILES string of the molecule is CNc1cnc2c(C3=CCC(C(F)(F)F)CC3)cccc2c1. The lowest BCUT2D eigenvalue weighted by Gasteiger charge is -2.24. The van der Waals surface area contributed by atoms with Crippen LogP contribution >= 0.6 is 0 Å². The van der Waals surface area contributed by atoms with Crippen molar-refractivity contribution in [2.45, 2.75) is 25.4 Å². The molecule has 1 aliphatic carbocycles. The molecule has 5 heteroatoms. The molecule has 0 saturated carbocycles. The highest BCUT2D eigenvalue weighted by Gasteiger charge is 2.39. The van der Waals surface area contributed by atoms with E-state index in [1.54, 1.807) is 12.3 Å². The Kier molecular flexibility index (Phi) is 3.81. The maximum Gasteiger partial charge on any atom is 0.392 e. The van der Waals surface area contributed by atoms with Crippen molar-refractivity contribution in [3.8, 4) is 0 Å². The van der Waals surface area contributed by atoms with Gasteiger partial charge in [0.05, 0.1) is 23.3 Å². The summed E-state index contributed by atoms with van der Waals surface area (Å²) >= 11 is 0. The van der Waals surface area contributed by atoms with Crippen molar-refractivity contribution in [3.63, 3.8) is 0 Å². The molecule has 1 aromatic heterocycles. The van der Waals surface area contributed by atoms with Gasteiger partial charge in [-0.05, 0) is 30.9 Å². The number of fused-ring (bicyclic) bond motifs is 1. The van der Waals surface area contributed by atoms with E-state index in [1.807, 2.05) is 31.3 Å². The van der Waals surface area contributed by atoms with Gasteiger partial charge < -0.3 is 5.32 Å². The molecule has 2 aromatic rings. The van der Waals surface area contributed by atoms with Crippen molar-refractivity contribution in [1.82, 2.24) is 4.98 Å². The second kappa shape index (κ2) is 5.63. The van der Waals surface area contributed by atoms with Crippen molar-refractivity contribution >= 4 is 22.2 Å². The van der Waals surface area contributed by atoms with Crippen LogP contribution in [0, 0.1) is 5.92 Å². The number of alkyl halides is 3. The summed E-state index contributed by atoms with van der Waals surface area (Å²) in [5.41, 5.74) is 3.68. The van der Waals surface area contributed by atoms with E-state index in [2.05, 4.69) is 10.3 Å². The Morgan fingerprint density at radius 3 is 2.73 bits per heavy atom. The lowest BCUT2D eigenvalue weighted by Crippen LogP contribution is -2.24. The summed E-state index contributed by atoms with van der Waals surface area (Å²) in [6.07, 6.45) is 0.0292. The van der Waals surface area contributed by atoms with Crippen LogP contribution in [0.1, 0.15) is 24.8 Å². The summed E-state index contributed by atoms with van der Waals surface area (Å²) < 4.78 is 38.3. The van der Waals surface area contributed by atoms with Crippen LogP contribution in [-0.4, -0.2) is 18.2 Å². The minimum Gasteiger partial charge on any atom is -0.387 e. The summed E-state index contributed by atoms with van der Waals surface area (Å²) in [7, 11) is 1.83. The zero-order valence-electron chi connectivity index (χ0n) is 12.2. The van der Waals surface area contributed by atoms with Gasteiger partial charge in [-0.1, -0.05) is 24.3 Å². The van der Waals surface area contributed by atoms with Crippen LogP contribution in [-0.2, 0) is 0 Å². The summed E-state index contributed by atoms with van der Waals surface area (Å²) in [5.74, 6) is -1.21. The lowest BCUT2D eigenvalue weighted by atomic mass is 9.85. The molecule has 1 unspecified atom stereocenters. The predicted molar refractivity (Wildman–Crippen MR) is 82.7 cm³/mol. The van der Waals surface area contributed by atoms with Crippen LogP contribution in [0.2, 0.25) is 0 Å². The van der Waals surface area contributed by atoms with Crippen LogP contribution in [0.25, 0.3) is 16.5 Å². The van der Waals surface area contributed by atoms with Gasteiger partial charge in [0.2, 0.25) is 0 Å². The maximum atomic E-state index is 12.8.